The van der Waals surface area contributed by atoms with Crippen LogP contribution in [0, 0.1) is 5.82 Å². The van der Waals surface area contributed by atoms with Gasteiger partial charge in [-0.05, 0) is 41.2 Å². The van der Waals surface area contributed by atoms with Gasteiger partial charge >= 0.3 is 0 Å². The molecule has 0 bridgehead atoms. The van der Waals surface area contributed by atoms with E-state index < -0.39 is 0 Å². The van der Waals surface area contributed by atoms with Crippen molar-refractivity contribution in [2.45, 2.75) is 32.1 Å². The van der Waals surface area contributed by atoms with E-state index in [2.05, 4.69) is 38.1 Å². The highest BCUT2D eigenvalue weighted by molar-refractivity contribution is 5.28. The molecule has 1 atom stereocenters. The Morgan fingerprint density at radius 3 is 2.25 bits per heavy atom. The van der Waals surface area contributed by atoms with Crippen LogP contribution in [-0.2, 0) is 6.42 Å². The first-order valence-corrected chi connectivity index (χ1v) is 7.05. The molecule has 2 aromatic carbocycles. The zero-order chi connectivity index (χ0) is 14.5. The summed E-state index contributed by atoms with van der Waals surface area (Å²) in [4.78, 5) is 0. The van der Waals surface area contributed by atoms with Gasteiger partial charge < -0.3 is 5.11 Å². The van der Waals surface area contributed by atoms with E-state index >= 15 is 0 Å². The molecule has 0 aliphatic heterocycles. The highest BCUT2D eigenvalue weighted by Crippen LogP contribution is 2.22. The third-order valence-corrected chi connectivity index (χ3v) is 3.67. The number of halogens is 1. The molecule has 0 fully saturated rings. The van der Waals surface area contributed by atoms with Gasteiger partial charge in [0.1, 0.15) is 5.82 Å². The van der Waals surface area contributed by atoms with E-state index in [-0.39, 0.29) is 18.3 Å². The molecule has 0 radical (unpaired) electrons. The van der Waals surface area contributed by atoms with E-state index in [1.165, 1.54) is 17.7 Å². The van der Waals surface area contributed by atoms with Crippen LogP contribution in [0.5, 0.6) is 0 Å². The van der Waals surface area contributed by atoms with E-state index in [0.29, 0.717) is 5.92 Å². The lowest BCUT2D eigenvalue weighted by molar-refractivity contribution is 0.264. The lowest BCUT2D eigenvalue weighted by Crippen LogP contribution is -2.08. The summed E-state index contributed by atoms with van der Waals surface area (Å²) < 4.78 is 13.3. The quantitative estimate of drug-likeness (QED) is 0.862. The van der Waals surface area contributed by atoms with Crippen LogP contribution in [0.3, 0.4) is 0 Å². The van der Waals surface area contributed by atoms with E-state index in [1.807, 2.05) is 6.07 Å². The second kappa shape index (κ2) is 6.67. The normalized spacial score (nSPS) is 12.7. The van der Waals surface area contributed by atoms with Crippen LogP contribution < -0.4 is 0 Å². The standard InChI is InChI=1S/C18H21FO/c1-13(2)15-8-6-14(7-9-15)10-17(12-20)16-4-3-5-18(19)11-16/h3-9,11,13,17,20H,10,12H2,1-2H3. The summed E-state index contributed by atoms with van der Waals surface area (Å²) in [5.74, 6) is 0.201. The summed E-state index contributed by atoms with van der Waals surface area (Å²) in [5.41, 5.74) is 3.32. The molecular formula is C18H21FO. The van der Waals surface area contributed by atoms with Crippen LogP contribution in [0.15, 0.2) is 48.5 Å². The highest BCUT2D eigenvalue weighted by atomic mass is 19.1. The van der Waals surface area contributed by atoms with Crippen molar-refractivity contribution in [2.24, 2.45) is 0 Å². The van der Waals surface area contributed by atoms with E-state index in [1.54, 1.807) is 6.07 Å². The number of hydrogen-bond donors (Lipinski definition) is 1. The lowest BCUT2D eigenvalue weighted by Gasteiger charge is -2.15. The van der Waals surface area contributed by atoms with Gasteiger partial charge in [0.05, 0.1) is 6.61 Å². The predicted molar refractivity (Wildman–Crippen MR) is 80.5 cm³/mol. The van der Waals surface area contributed by atoms with Gasteiger partial charge in [-0.3, -0.25) is 0 Å². The number of aliphatic hydroxyl groups excluding tert-OH is 1. The van der Waals surface area contributed by atoms with Crippen LogP contribution in [0.1, 0.15) is 42.4 Å². The molecule has 20 heavy (non-hydrogen) atoms. The van der Waals surface area contributed by atoms with Crippen molar-refractivity contribution in [1.29, 1.82) is 0 Å². The Labute approximate surface area is 120 Å². The maximum atomic E-state index is 13.3. The molecular weight excluding hydrogens is 251 g/mol. The molecule has 0 heterocycles. The molecule has 0 aliphatic rings. The summed E-state index contributed by atoms with van der Waals surface area (Å²) in [5, 5.41) is 9.55. The lowest BCUT2D eigenvalue weighted by atomic mass is 9.91. The van der Waals surface area contributed by atoms with Gasteiger partial charge in [0.25, 0.3) is 0 Å². The van der Waals surface area contributed by atoms with E-state index in [9.17, 15) is 9.50 Å². The van der Waals surface area contributed by atoms with Gasteiger partial charge in [-0.1, -0.05) is 50.2 Å². The number of hydrogen-bond acceptors (Lipinski definition) is 1. The SMILES string of the molecule is CC(C)c1ccc(CC(CO)c2cccc(F)c2)cc1. The van der Waals surface area contributed by atoms with Crippen LogP contribution in [0.25, 0.3) is 0 Å². The fourth-order valence-corrected chi connectivity index (χ4v) is 2.37. The topological polar surface area (TPSA) is 20.2 Å². The Morgan fingerprint density at radius 2 is 1.70 bits per heavy atom. The fraction of sp³-hybridized carbons (Fsp3) is 0.333. The van der Waals surface area contributed by atoms with Gasteiger partial charge in [0.15, 0.2) is 0 Å². The summed E-state index contributed by atoms with van der Waals surface area (Å²) in [6.07, 6.45) is 0.721. The first-order valence-electron chi connectivity index (χ1n) is 7.05. The maximum absolute atomic E-state index is 13.3. The summed E-state index contributed by atoms with van der Waals surface area (Å²) in [6.45, 7) is 4.35. The Kier molecular flexibility index (Phi) is 4.91. The second-order valence-electron chi connectivity index (χ2n) is 5.53. The largest absolute Gasteiger partial charge is 0.396 e. The van der Waals surface area contributed by atoms with E-state index in [4.69, 9.17) is 0 Å². The van der Waals surface area contributed by atoms with Gasteiger partial charge in [0.2, 0.25) is 0 Å². The predicted octanol–water partition coefficient (Wildman–Crippen LogP) is 4.27. The Bertz CT molecular complexity index is 546. The first-order chi connectivity index (χ1) is 9.60. The zero-order valence-electron chi connectivity index (χ0n) is 12.0. The Hall–Kier alpha value is -1.67. The summed E-state index contributed by atoms with van der Waals surface area (Å²) in [6, 6.07) is 14.9. The third kappa shape index (κ3) is 3.67. The molecule has 2 aromatic rings. The van der Waals surface area contributed by atoms with Crippen LogP contribution in [0.2, 0.25) is 0 Å². The van der Waals surface area contributed by atoms with Crippen LogP contribution in [-0.4, -0.2) is 11.7 Å². The number of benzene rings is 2. The highest BCUT2D eigenvalue weighted by Gasteiger charge is 2.12. The fourth-order valence-electron chi connectivity index (χ4n) is 2.37. The molecule has 1 N–H and O–H groups in total. The van der Waals surface area contributed by atoms with Gasteiger partial charge in [-0.15, -0.1) is 0 Å². The molecule has 0 aliphatic carbocycles. The van der Waals surface area contributed by atoms with Crippen molar-refractivity contribution in [3.05, 3.63) is 71.0 Å². The average Bonchev–Trinajstić information content (AvgIpc) is 2.45. The Balaban J connectivity index is 2.14. The van der Waals surface area contributed by atoms with Crippen molar-refractivity contribution >= 4 is 0 Å². The van der Waals surface area contributed by atoms with E-state index in [0.717, 1.165) is 17.5 Å². The molecule has 0 spiro atoms. The van der Waals surface area contributed by atoms with Crippen molar-refractivity contribution in [2.75, 3.05) is 6.61 Å². The van der Waals surface area contributed by atoms with Crippen molar-refractivity contribution in [3.63, 3.8) is 0 Å². The molecule has 0 aromatic heterocycles. The molecule has 0 saturated heterocycles. The molecule has 1 nitrogen and oxygen atoms in total. The molecule has 0 amide bonds. The Morgan fingerprint density at radius 1 is 1.00 bits per heavy atom. The minimum absolute atomic E-state index is 0.0232. The maximum Gasteiger partial charge on any atom is 0.123 e. The average molecular weight is 272 g/mol. The molecule has 1 unspecified atom stereocenters. The second-order valence-corrected chi connectivity index (χ2v) is 5.53. The van der Waals surface area contributed by atoms with Crippen LogP contribution >= 0.6 is 0 Å². The number of rotatable bonds is 5. The molecule has 0 saturated carbocycles. The van der Waals surface area contributed by atoms with Crippen molar-refractivity contribution in [3.8, 4) is 0 Å². The molecule has 2 rings (SSSR count). The third-order valence-electron chi connectivity index (χ3n) is 3.67. The first kappa shape index (κ1) is 14.7. The zero-order valence-corrected chi connectivity index (χ0v) is 12.0. The minimum Gasteiger partial charge on any atom is -0.396 e. The van der Waals surface area contributed by atoms with Crippen molar-refractivity contribution in [1.82, 2.24) is 0 Å². The monoisotopic (exact) mass is 272 g/mol. The van der Waals surface area contributed by atoms with Gasteiger partial charge in [-0.25, -0.2) is 4.39 Å². The summed E-state index contributed by atoms with van der Waals surface area (Å²) >= 11 is 0. The van der Waals surface area contributed by atoms with Crippen LogP contribution in [0.4, 0.5) is 4.39 Å². The number of aliphatic hydroxyl groups is 1. The van der Waals surface area contributed by atoms with Gasteiger partial charge in [-0.2, -0.15) is 0 Å². The minimum atomic E-state index is -0.254. The van der Waals surface area contributed by atoms with Gasteiger partial charge in [0, 0.05) is 5.92 Å². The smallest absolute Gasteiger partial charge is 0.123 e. The molecule has 2 heteroatoms. The van der Waals surface area contributed by atoms with Crippen molar-refractivity contribution < 1.29 is 9.50 Å². The molecule has 106 valence electrons. The summed E-state index contributed by atoms with van der Waals surface area (Å²) in [7, 11) is 0.